The molecule has 4 fully saturated rings. The summed E-state index contributed by atoms with van der Waals surface area (Å²) in [5, 5.41) is 26.6. The fourth-order valence-electron chi connectivity index (χ4n) is 7.78. The topological polar surface area (TPSA) is 52.5 Å². The van der Waals surface area contributed by atoms with Crippen molar-refractivity contribution in [3.05, 3.63) is 46.5 Å². The number of rotatable bonds is 6. The third kappa shape index (κ3) is 4.68. The molecule has 4 saturated carbocycles. The molecule has 0 aliphatic heterocycles. The lowest BCUT2D eigenvalue weighted by Gasteiger charge is -2.23. The molecule has 4 aliphatic carbocycles. The van der Waals surface area contributed by atoms with Gasteiger partial charge in [-0.1, -0.05) is 63.5 Å². The van der Waals surface area contributed by atoms with Crippen molar-refractivity contribution in [2.45, 2.75) is 126 Å². The van der Waals surface area contributed by atoms with Crippen molar-refractivity contribution in [2.24, 2.45) is 0 Å². The summed E-state index contributed by atoms with van der Waals surface area (Å²) in [4.78, 5) is 0. The van der Waals surface area contributed by atoms with E-state index in [1.807, 2.05) is 0 Å². The van der Waals surface area contributed by atoms with Crippen molar-refractivity contribution in [3.8, 4) is 11.5 Å². The second-order valence-electron chi connectivity index (χ2n) is 12.1. The lowest BCUT2D eigenvalue weighted by Crippen LogP contribution is -2.05. The summed E-state index contributed by atoms with van der Waals surface area (Å²) >= 11 is 0. The van der Waals surface area contributed by atoms with Gasteiger partial charge in [0.2, 0.25) is 0 Å². The number of hydrogen-bond acceptors (Lipinski definition) is 3. The molecular formula is C32H43NO2. The van der Waals surface area contributed by atoms with E-state index in [0.29, 0.717) is 35.2 Å². The van der Waals surface area contributed by atoms with Crippen LogP contribution in [0.1, 0.15) is 149 Å². The van der Waals surface area contributed by atoms with Gasteiger partial charge in [-0.2, -0.15) is 0 Å². The van der Waals surface area contributed by atoms with Crippen LogP contribution in [0.4, 0.5) is 11.4 Å². The average molecular weight is 474 g/mol. The number of phenols is 2. The number of hydrogen-bond donors (Lipinski definition) is 3. The minimum Gasteiger partial charge on any atom is -0.505 e. The van der Waals surface area contributed by atoms with Gasteiger partial charge in [0.25, 0.3) is 0 Å². The fraction of sp³-hybridized carbons (Fsp3) is 0.625. The van der Waals surface area contributed by atoms with E-state index < -0.39 is 0 Å². The van der Waals surface area contributed by atoms with Crippen molar-refractivity contribution in [1.29, 1.82) is 0 Å². The first-order valence-electron chi connectivity index (χ1n) is 14.7. The van der Waals surface area contributed by atoms with Crippen LogP contribution in [0.5, 0.6) is 11.5 Å². The maximum absolute atomic E-state index is 11.5. The van der Waals surface area contributed by atoms with Crippen LogP contribution < -0.4 is 5.32 Å². The van der Waals surface area contributed by atoms with E-state index in [-0.39, 0.29) is 0 Å². The van der Waals surface area contributed by atoms with E-state index in [1.54, 1.807) is 0 Å². The van der Waals surface area contributed by atoms with E-state index in [2.05, 4.69) is 29.6 Å². The predicted octanol–water partition coefficient (Wildman–Crippen LogP) is 9.47. The molecule has 3 nitrogen and oxygen atoms in total. The molecule has 0 radical (unpaired) electrons. The Kier molecular flexibility index (Phi) is 6.69. The molecule has 0 aromatic heterocycles. The maximum Gasteiger partial charge on any atom is 0.142 e. The van der Waals surface area contributed by atoms with Crippen molar-refractivity contribution in [3.63, 3.8) is 0 Å². The Hall–Kier alpha value is -2.16. The summed E-state index contributed by atoms with van der Waals surface area (Å²) in [6.07, 6.45) is 20.0. The second kappa shape index (κ2) is 10.1. The SMILES string of the molecule is Oc1c(Nc2cc(C3CCCC3)cc(C3CCCC3)c2O)cc(C2CCCC2)cc1C1CCCC1. The number of anilines is 2. The maximum atomic E-state index is 11.5. The fourth-order valence-corrected chi connectivity index (χ4v) is 7.78. The van der Waals surface area contributed by atoms with Crippen LogP contribution in [-0.4, -0.2) is 10.2 Å². The molecular weight excluding hydrogens is 430 g/mol. The van der Waals surface area contributed by atoms with E-state index >= 15 is 0 Å². The zero-order valence-electron chi connectivity index (χ0n) is 21.3. The Labute approximate surface area is 211 Å². The van der Waals surface area contributed by atoms with Gasteiger partial charge in [0, 0.05) is 0 Å². The molecule has 0 bridgehead atoms. The zero-order valence-corrected chi connectivity index (χ0v) is 21.3. The summed E-state index contributed by atoms with van der Waals surface area (Å²) in [7, 11) is 0. The van der Waals surface area contributed by atoms with Crippen LogP contribution in [0.3, 0.4) is 0 Å². The molecule has 188 valence electrons. The molecule has 0 unspecified atom stereocenters. The molecule has 2 aromatic rings. The van der Waals surface area contributed by atoms with Crippen molar-refractivity contribution in [1.82, 2.24) is 0 Å². The molecule has 2 aromatic carbocycles. The van der Waals surface area contributed by atoms with Crippen molar-refractivity contribution >= 4 is 11.4 Å². The minimum atomic E-state index is 0.409. The van der Waals surface area contributed by atoms with E-state index in [0.717, 1.165) is 22.5 Å². The first kappa shape index (κ1) is 23.3. The standard InChI is InChI=1S/C32H43NO2/c34-31-27(23-13-5-6-14-23)17-25(21-9-1-2-10-21)19-29(31)33-30-20-26(22-11-3-4-12-22)18-28(32(30)35)24-15-7-8-16-24/h17-24,33-35H,1-16H2. The highest BCUT2D eigenvalue weighted by Gasteiger charge is 2.28. The van der Waals surface area contributed by atoms with Crippen LogP contribution in [-0.2, 0) is 0 Å². The van der Waals surface area contributed by atoms with Gasteiger partial charge in [-0.25, -0.2) is 0 Å². The average Bonchev–Trinajstić information content (AvgIpc) is 3.69. The highest BCUT2D eigenvalue weighted by molar-refractivity contribution is 5.75. The van der Waals surface area contributed by atoms with Gasteiger partial charge >= 0.3 is 0 Å². The van der Waals surface area contributed by atoms with Crippen LogP contribution in [0, 0.1) is 0 Å². The van der Waals surface area contributed by atoms with Crippen molar-refractivity contribution < 1.29 is 10.2 Å². The largest absolute Gasteiger partial charge is 0.505 e. The van der Waals surface area contributed by atoms with Gasteiger partial charge in [-0.3, -0.25) is 0 Å². The molecule has 3 heteroatoms. The van der Waals surface area contributed by atoms with Crippen LogP contribution in [0.25, 0.3) is 0 Å². The highest BCUT2D eigenvalue weighted by atomic mass is 16.3. The Morgan fingerprint density at radius 2 is 0.771 bits per heavy atom. The van der Waals surface area contributed by atoms with E-state index in [9.17, 15) is 10.2 Å². The quantitative estimate of drug-likeness (QED) is 0.366. The number of benzene rings is 2. The van der Waals surface area contributed by atoms with Crippen LogP contribution in [0.15, 0.2) is 24.3 Å². The van der Waals surface area contributed by atoms with Gasteiger partial charge in [-0.05, 0) is 109 Å². The second-order valence-corrected chi connectivity index (χ2v) is 12.1. The Bertz CT molecular complexity index is 953. The summed E-state index contributed by atoms with van der Waals surface area (Å²) < 4.78 is 0. The summed E-state index contributed by atoms with van der Waals surface area (Å²) in [5.41, 5.74) is 6.63. The summed E-state index contributed by atoms with van der Waals surface area (Å²) in [5.74, 6) is 2.94. The molecule has 4 aliphatic rings. The molecule has 35 heavy (non-hydrogen) atoms. The molecule has 0 atom stereocenters. The zero-order chi connectivity index (χ0) is 23.8. The number of phenolic OH excluding ortho intramolecular Hbond substituents is 2. The van der Waals surface area contributed by atoms with Gasteiger partial charge < -0.3 is 15.5 Å². The van der Waals surface area contributed by atoms with Crippen molar-refractivity contribution in [2.75, 3.05) is 5.32 Å². The van der Waals surface area contributed by atoms with Gasteiger partial charge in [0.05, 0.1) is 11.4 Å². The Morgan fingerprint density at radius 3 is 1.11 bits per heavy atom. The molecule has 6 rings (SSSR count). The lowest BCUT2D eigenvalue weighted by molar-refractivity contribution is 0.460. The third-order valence-corrected chi connectivity index (χ3v) is 9.84. The minimum absolute atomic E-state index is 0.409. The van der Waals surface area contributed by atoms with Crippen LogP contribution >= 0.6 is 0 Å². The van der Waals surface area contributed by atoms with Gasteiger partial charge in [0.1, 0.15) is 11.5 Å². The molecule has 3 N–H and O–H groups in total. The normalized spacial score (nSPS) is 22.5. The van der Waals surface area contributed by atoms with E-state index in [1.165, 1.54) is 114 Å². The lowest BCUT2D eigenvalue weighted by atomic mass is 9.88. The molecule has 0 amide bonds. The Balaban J connectivity index is 1.41. The predicted molar refractivity (Wildman–Crippen MR) is 144 cm³/mol. The molecule has 0 heterocycles. The third-order valence-electron chi connectivity index (χ3n) is 9.84. The van der Waals surface area contributed by atoms with Gasteiger partial charge in [-0.15, -0.1) is 0 Å². The first-order chi connectivity index (χ1) is 17.2. The number of aromatic hydroxyl groups is 2. The smallest absolute Gasteiger partial charge is 0.142 e. The Morgan fingerprint density at radius 1 is 0.457 bits per heavy atom. The highest BCUT2D eigenvalue weighted by Crippen LogP contribution is 2.49. The monoisotopic (exact) mass is 473 g/mol. The molecule has 0 saturated heterocycles. The van der Waals surface area contributed by atoms with E-state index in [4.69, 9.17) is 0 Å². The molecule has 0 spiro atoms. The number of nitrogens with one attached hydrogen (secondary N) is 1. The summed E-state index contributed by atoms with van der Waals surface area (Å²) in [6.45, 7) is 0. The van der Waals surface area contributed by atoms with Crippen LogP contribution in [0.2, 0.25) is 0 Å². The first-order valence-corrected chi connectivity index (χ1v) is 14.7. The van der Waals surface area contributed by atoms with Gasteiger partial charge in [0.15, 0.2) is 0 Å². The summed E-state index contributed by atoms with van der Waals surface area (Å²) in [6, 6.07) is 9.04.